The second-order valence-electron chi connectivity index (χ2n) is 4.69. The van der Waals surface area contributed by atoms with Gasteiger partial charge in [0, 0.05) is 24.5 Å². The Bertz CT molecular complexity index is 738. The maximum atomic E-state index is 12.6. The first-order valence-corrected chi connectivity index (χ1v) is 8.61. The molecule has 0 aliphatic heterocycles. The molecule has 1 heterocycles. The first kappa shape index (κ1) is 15.8. The average Bonchev–Trinajstić information content (AvgIpc) is 2.83. The van der Waals surface area contributed by atoms with Gasteiger partial charge in [-0.2, -0.15) is 4.31 Å². The quantitative estimate of drug-likeness (QED) is 0.857. The number of nitrogens with two attached hydrogens (primary N) is 1. The van der Waals surface area contributed by atoms with Crippen LogP contribution in [0.4, 0.5) is 5.69 Å². The van der Waals surface area contributed by atoms with Crippen LogP contribution in [0.3, 0.4) is 0 Å². The molecule has 21 heavy (non-hydrogen) atoms. The fourth-order valence-electron chi connectivity index (χ4n) is 1.91. The second kappa shape index (κ2) is 6.05. The zero-order valence-electron chi connectivity index (χ0n) is 12.2. The van der Waals surface area contributed by atoms with Crippen LogP contribution in [0.25, 0.3) is 0 Å². The van der Waals surface area contributed by atoms with Crippen LogP contribution >= 0.6 is 11.3 Å². The number of ether oxygens (including phenoxy) is 1. The number of anilines is 1. The minimum absolute atomic E-state index is 0.0972. The Balaban J connectivity index is 2.31. The van der Waals surface area contributed by atoms with Crippen LogP contribution < -0.4 is 10.5 Å². The van der Waals surface area contributed by atoms with Crippen molar-refractivity contribution in [3.63, 3.8) is 0 Å². The summed E-state index contributed by atoms with van der Waals surface area (Å²) in [4.78, 5) is 1.12. The maximum absolute atomic E-state index is 12.6. The van der Waals surface area contributed by atoms with Gasteiger partial charge in [0.2, 0.25) is 10.0 Å². The van der Waals surface area contributed by atoms with Crippen LogP contribution in [0, 0.1) is 6.92 Å². The van der Waals surface area contributed by atoms with Gasteiger partial charge in [0.15, 0.2) is 0 Å². The smallest absolute Gasteiger partial charge is 0.245 e. The van der Waals surface area contributed by atoms with E-state index in [4.69, 9.17) is 10.5 Å². The summed E-state index contributed by atoms with van der Waals surface area (Å²) in [5.74, 6) is 0.531. The number of aryl methyl sites for hydroxylation is 1. The van der Waals surface area contributed by atoms with Gasteiger partial charge in [0.1, 0.15) is 10.6 Å². The second-order valence-corrected chi connectivity index (χ2v) is 7.71. The van der Waals surface area contributed by atoms with Crippen molar-refractivity contribution < 1.29 is 13.2 Å². The van der Waals surface area contributed by atoms with Gasteiger partial charge >= 0.3 is 0 Å². The van der Waals surface area contributed by atoms with Gasteiger partial charge in [0.25, 0.3) is 0 Å². The van der Waals surface area contributed by atoms with Gasteiger partial charge in [-0.15, -0.1) is 11.3 Å². The molecule has 0 amide bonds. The molecular formula is C14H18N2O3S2. The van der Waals surface area contributed by atoms with E-state index in [0.29, 0.717) is 12.3 Å². The molecule has 2 rings (SSSR count). The molecule has 1 aromatic carbocycles. The first-order valence-electron chi connectivity index (χ1n) is 6.29. The third kappa shape index (κ3) is 3.20. The molecule has 2 N–H and O–H groups in total. The van der Waals surface area contributed by atoms with Gasteiger partial charge < -0.3 is 10.5 Å². The summed E-state index contributed by atoms with van der Waals surface area (Å²) in [6.45, 7) is 2.30. The summed E-state index contributed by atoms with van der Waals surface area (Å²) in [5.41, 5.74) is 7.11. The summed E-state index contributed by atoms with van der Waals surface area (Å²) in [6, 6.07) is 6.55. The van der Waals surface area contributed by atoms with E-state index in [-0.39, 0.29) is 10.6 Å². The molecule has 114 valence electrons. The Morgan fingerprint density at radius 1 is 1.33 bits per heavy atom. The predicted octanol–water partition coefficient (Wildman–Crippen LogP) is 2.47. The van der Waals surface area contributed by atoms with Crippen LogP contribution in [0.2, 0.25) is 0 Å². The van der Waals surface area contributed by atoms with E-state index in [1.165, 1.54) is 23.5 Å². The molecular weight excluding hydrogens is 308 g/mol. The van der Waals surface area contributed by atoms with Crippen molar-refractivity contribution in [2.45, 2.75) is 18.4 Å². The van der Waals surface area contributed by atoms with Crippen molar-refractivity contribution in [2.24, 2.45) is 0 Å². The summed E-state index contributed by atoms with van der Waals surface area (Å²) in [5, 5.41) is 1.95. The number of hydrogen-bond donors (Lipinski definition) is 1. The molecule has 0 unspecified atom stereocenters. The number of methoxy groups -OCH3 is 1. The van der Waals surface area contributed by atoms with Crippen LogP contribution in [0.5, 0.6) is 5.75 Å². The lowest BCUT2D eigenvalue weighted by Crippen LogP contribution is -2.27. The molecule has 0 atom stereocenters. The molecule has 7 heteroatoms. The van der Waals surface area contributed by atoms with E-state index in [1.807, 2.05) is 18.4 Å². The third-order valence-electron chi connectivity index (χ3n) is 3.24. The topological polar surface area (TPSA) is 72.6 Å². The van der Waals surface area contributed by atoms with Gasteiger partial charge in [-0.05, 0) is 36.1 Å². The van der Waals surface area contributed by atoms with Crippen molar-refractivity contribution in [3.05, 3.63) is 40.1 Å². The SMILES string of the molecule is COc1ccc(S(=O)(=O)N(C)Cc2sccc2C)c(N)c1. The van der Waals surface area contributed by atoms with Crippen molar-refractivity contribution in [1.82, 2.24) is 4.31 Å². The lowest BCUT2D eigenvalue weighted by molar-refractivity contribution is 0.414. The van der Waals surface area contributed by atoms with Crippen LogP contribution in [0.1, 0.15) is 10.4 Å². The van der Waals surface area contributed by atoms with E-state index >= 15 is 0 Å². The number of nitrogens with zero attached hydrogens (tertiary/aromatic N) is 1. The summed E-state index contributed by atoms with van der Waals surface area (Å²) in [6.07, 6.45) is 0. The zero-order chi connectivity index (χ0) is 15.6. The number of benzene rings is 1. The largest absolute Gasteiger partial charge is 0.497 e. The molecule has 2 aromatic rings. The number of sulfonamides is 1. The Kier molecular flexibility index (Phi) is 4.55. The molecule has 0 saturated carbocycles. The van der Waals surface area contributed by atoms with Crippen LogP contribution in [0.15, 0.2) is 34.5 Å². The van der Waals surface area contributed by atoms with Crippen LogP contribution in [-0.4, -0.2) is 26.9 Å². The van der Waals surface area contributed by atoms with E-state index in [2.05, 4.69) is 0 Å². The Hall–Kier alpha value is -1.57. The highest BCUT2D eigenvalue weighted by Crippen LogP contribution is 2.27. The standard InChI is InChI=1S/C14H18N2O3S2/c1-10-6-7-20-13(10)9-16(2)21(17,18)14-5-4-11(19-3)8-12(14)15/h4-8H,9,15H2,1-3H3. The van der Waals surface area contributed by atoms with Gasteiger partial charge in [-0.25, -0.2) is 8.42 Å². The number of rotatable bonds is 5. The summed E-state index contributed by atoms with van der Waals surface area (Å²) < 4.78 is 31.5. The van der Waals surface area contributed by atoms with Gasteiger partial charge in [0.05, 0.1) is 12.8 Å². The molecule has 1 aromatic heterocycles. The Morgan fingerprint density at radius 3 is 2.57 bits per heavy atom. The third-order valence-corrected chi connectivity index (χ3v) is 6.12. The summed E-state index contributed by atoms with van der Waals surface area (Å²) in [7, 11) is -0.566. The lowest BCUT2D eigenvalue weighted by Gasteiger charge is -2.18. The van der Waals surface area contributed by atoms with E-state index in [1.54, 1.807) is 24.5 Å². The lowest BCUT2D eigenvalue weighted by atomic mass is 10.3. The molecule has 0 aliphatic rings. The van der Waals surface area contributed by atoms with E-state index in [9.17, 15) is 8.42 Å². The minimum Gasteiger partial charge on any atom is -0.497 e. The van der Waals surface area contributed by atoms with Crippen molar-refractivity contribution in [2.75, 3.05) is 19.9 Å². The maximum Gasteiger partial charge on any atom is 0.245 e. The average molecular weight is 326 g/mol. The Labute approximate surface area is 129 Å². The number of nitrogen functional groups attached to an aromatic ring is 1. The first-order chi connectivity index (χ1) is 9.86. The monoisotopic (exact) mass is 326 g/mol. The molecule has 0 spiro atoms. The summed E-state index contributed by atoms with van der Waals surface area (Å²) >= 11 is 1.54. The molecule has 5 nitrogen and oxygen atoms in total. The fourth-order valence-corrected chi connectivity index (χ4v) is 4.18. The molecule has 0 bridgehead atoms. The predicted molar refractivity (Wildman–Crippen MR) is 85.1 cm³/mol. The Morgan fingerprint density at radius 2 is 2.05 bits per heavy atom. The normalized spacial score (nSPS) is 11.8. The van der Waals surface area contributed by atoms with Crippen molar-refractivity contribution >= 4 is 27.0 Å². The molecule has 0 aliphatic carbocycles. The number of thiophene rings is 1. The highest BCUT2D eigenvalue weighted by molar-refractivity contribution is 7.89. The van der Waals surface area contributed by atoms with Gasteiger partial charge in [-0.1, -0.05) is 0 Å². The van der Waals surface area contributed by atoms with Gasteiger partial charge in [-0.3, -0.25) is 0 Å². The van der Waals surface area contributed by atoms with Crippen LogP contribution in [-0.2, 0) is 16.6 Å². The van der Waals surface area contributed by atoms with E-state index in [0.717, 1.165) is 10.4 Å². The fraction of sp³-hybridized carbons (Fsp3) is 0.286. The van der Waals surface area contributed by atoms with E-state index < -0.39 is 10.0 Å². The van der Waals surface area contributed by atoms with Crippen molar-refractivity contribution in [3.8, 4) is 5.75 Å². The van der Waals surface area contributed by atoms with Crippen molar-refractivity contribution in [1.29, 1.82) is 0 Å². The highest BCUT2D eigenvalue weighted by atomic mass is 32.2. The number of hydrogen-bond acceptors (Lipinski definition) is 5. The molecule has 0 fully saturated rings. The minimum atomic E-state index is -3.63. The molecule has 0 saturated heterocycles. The highest BCUT2D eigenvalue weighted by Gasteiger charge is 2.24. The zero-order valence-corrected chi connectivity index (χ0v) is 13.8. The molecule has 0 radical (unpaired) electrons.